The van der Waals surface area contributed by atoms with Crippen molar-refractivity contribution in [2.45, 2.75) is 33.6 Å². The molecule has 0 aliphatic carbocycles. The molecule has 2 heterocycles. The topological polar surface area (TPSA) is 54.8 Å². The number of likely N-dealkylation sites (N-methyl/N-ethyl adjacent to an activating group) is 1. The van der Waals surface area contributed by atoms with E-state index < -0.39 is 0 Å². The molecule has 0 unspecified atom stereocenters. The van der Waals surface area contributed by atoms with Crippen LogP contribution in [0.5, 0.6) is 0 Å². The number of carbonyl (C=O) groups excluding carboxylic acids is 2. The van der Waals surface area contributed by atoms with E-state index in [0.29, 0.717) is 33.7 Å². The van der Waals surface area contributed by atoms with Crippen molar-refractivity contribution in [2.24, 2.45) is 0 Å². The Balaban J connectivity index is 1.61. The summed E-state index contributed by atoms with van der Waals surface area (Å²) in [4.78, 5) is 28.8. The fourth-order valence-corrected chi connectivity index (χ4v) is 4.60. The van der Waals surface area contributed by atoms with E-state index in [2.05, 4.69) is 11.5 Å². The number of ether oxygens (including phenoxy) is 1. The molecule has 1 saturated heterocycles. The number of halogens is 1. The zero-order valence-corrected chi connectivity index (χ0v) is 22.3. The number of benzene rings is 2. The summed E-state index contributed by atoms with van der Waals surface area (Å²) in [5.41, 5.74) is 5.48. The van der Waals surface area contributed by atoms with E-state index in [4.69, 9.17) is 28.6 Å². The lowest BCUT2D eigenvalue weighted by Crippen LogP contribution is -2.31. The van der Waals surface area contributed by atoms with Gasteiger partial charge in [-0.15, -0.1) is 0 Å². The summed E-state index contributed by atoms with van der Waals surface area (Å²) in [6.07, 6.45) is 3.69. The van der Waals surface area contributed by atoms with Crippen LogP contribution in [0.25, 0.3) is 11.8 Å². The van der Waals surface area contributed by atoms with Crippen molar-refractivity contribution >= 4 is 52.6 Å². The molecule has 2 aromatic carbocycles. The standard InChI is InChI=1S/C28H28ClN3O3S/c1-5-6-15-35-27(34)20-7-11-23(12-8-20)31-18(2)16-21(19(31)3)17-25-26(33)32(28(36)30(25)4)24-13-9-22(29)10-14-24/h7-14,16-17H,5-6,15H2,1-4H3/b25-17-. The molecule has 1 amide bonds. The molecule has 186 valence electrons. The lowest BCUT2D eigenvalue weighted by molar-refractivity contribution is -0.114. The molecule has 8 heteroatoms. The summed E-state index contributed by atoms with van der Waals surface area (Å²) >= 11 is 11.6. The van der Waals surface area contributed by atoms with Crippen LogP contribution < -0.4 is 4.90 Å². The SMILES string of the molecule is CCCCOC(=O)c1ccc(-n2c(C)cc(/C=C3/C(=O)N(c4ccc(Cl)cc4)C(=S)N3C)c2C)cc1. The summed E-state index contributed by atoms with van der Waals surface area (Å²) in [7, 11) is 1.79. The Bertz CT molecular complexity index is 1340. The third kappa shape index (κ3) is 4.94. The highest BCUT2D eigenvalue weighted by Crippen LogP contribution is 2.30. The van der Waals surface area contributed by atoms with E-state index in [0.717, 1.165) is 35.5 Å². The smallest absolute Gasteiger partial charge is 0.338 e. The van der Waals surface area contributed by atoms with Gasteiger partial charge in [0.05, 0.1) is 17.9 Å². The second-order valence-electron chi connectivity index (χ2n) is 8.69. The second-order valence-corrected chi connectivity index (χ2v) is 9.49. The zero-order chi connectivity index (χ0) is 26.0. The number of rotatable bonds is 7. The van der Waals surface area contributed by atoms with Crippen molar-refractivity contribution in [1.82, 2.24) is 9.47 Å². The van der Waals surface area contributed by atoms with Crippen molar-refractivity contribution in [3.8, 4) is 5.69 Å². The zero-order valence-electron chi connectivity index (χ0n) is 20.7. The van der Waals surface area contributed by atoms with Gasteiger partial charge in [0.15, 0.2) is 5.11 Å². The summed E-state index contributed by atoms with van der Waals surface area (Å²) in [6, 6.07) is 16.4. The molecule has 3 aromatic rings. The van der Waals surface area contributed by atoms with Gasteiger partial charge in [-0.25, -0.2) is 4.79 Å². The molecule has 6 nitrogen and oxygen atoms in total. The number of aromatic nitrogens is 1. The van der Waals surface area contributed by atoms with Crippen molar-refractivity contribution < 1.29 is 14.3 Å². The molecule has 0 N–H and O–H groups in total. The molecule has 1 aromatic heterocycles. The van der Waals surface area contributed by atoms with Gasteiger partial charge in [-0.2, -0.15) is 0 Å². The maximum atomic E-state index is 13.3. The predicted molar refractivity (Wildman–Crippen MR) is 148 cm³/mol. The molecule has 4 rings (SSSR count). The van der Waals surface area contributed by atoms with Gasteiger partial charge in [-0.1, -0.05) is 24.9 Å². The van der Waals surface area contributed by atoms with Gasteiger partial charge < -0.3 is 14.2 Å². The van der Waals surface area contributed by atoms with Crippen LogP contribution >= 0.6 is 23.8 Å². The van der Waals surface area contributed by atoms with Gasteiger partial charge in [0.2, 0.25) is 0 Å². The van der Waals surface area contributed by atoms with Gasteiger partial charge in [0.1, 0.15) is 5.70 Å². The molecule has 1 fully saturated rings. The Hall–Kier alpha value is -3.42. The van der Waals surface area contributed by atoms with Gasteiger partial charge in [-0.05, 0) is 98.7 Å². The summed E-state index contributed by atoms with van der Waals surface area (Å²) in [6.45, 7) is 6.49. The molecular formula is C28H28ClN3O3S. The maximum Gasteiger partial charge on any atom is 0.338 e. The van der Waals surface area contributed by atoms with Gasteiger partial charge in [-0.3, -0.25) is 9.69 Å². The fourth-order valence-electron chi connectivity index (χ4n) is 4.19. The normalized spacial score (nSPS) is 14.8. The van der Waals surface area contributed by atoms with Crippen molar-refractivity contribution in [1.29, 1.82) is 0 Å². The van der Waals surface area contributed by atoms with Crippen LogP contribution in [-0.2, 0) is 9.53 Å². The third-order valence-electron chi connectivity index (χ3n) is 6.20. The van der Waals surface area contributed by atoms with Gasteiger partial charge in [0.25, 0.3) is 5.91 Å². The summed E-state index contributed by atoms with van der Waals surface area (Å²) in [5, 5.41) is 0.998. The van der Waals surface area contributed by atoms with Crippen LogP contribution in [0.2, 0.25) is 5.02 Å². The Morgan fingerprint density at radius 2 is 1.69 bits per heavy atom. The molecule has 0 atom stereocenters. The van der Waals surface area contributed by atoms with Crippen LogP contribution in [0.4, 0.5) is 5.69 Å². The lowest BCUT2D eigenvalue weighted by Gasteiger charge is -2.16. The first kappa shape index (κ1) is 25.7. The molecular weight excluding hydrogens is 494 g/mol. The minimum absolute atomic E-state index is 0.194. The molecule has 0 bridgehead atoms. The Morgan fingerprint density at radius 1 is 1.06 bits per heavy atom. The first-order valence-electron chi connectivity index (χ1n) is 11.8. The van der Waals surface area contributed by atoms with Crippen molar-refractivity contribution in [2.75, 3.05) is 18.6 Å². The van der Waals surface area contributed by atoms with Crippen LogP contribution in [-0.4, -0.2) is 40.1 Å². The number of anilines is 1. The lowest BCUT2D eigenvalue weighted by atomic mass is 10.2. The average molecular weight is 522 g/mol. The highest BCUT2D eigenvalue weighted by molar-refractivity contribution is 7.80. The number of nitrogens with zero attached hydrogens (tertiary/aromatic N) is 3. The number of esters is 1. The Labute approximate surface area is 221 Å². The Kier molecular flexibility index (Phi) is 7.62. The van der Waals surface area contributed by atoms with Crippen LogP contribution in [0.1, 0.15) is 47.1 Å². The quantitative estimate of drug-likeness (QED) is 0.158. The molecule has 36 heavy (non-hydrogen) atoms. The number of hydrogen-bond acceptors (Lipinski definition) is 4. The highest BCUT2D eigenvalue weighted by Gasteiger charge is 2.37. The predicted octanol–water partition coefficient (Wildman–Crippen LogP) is 6.31. The van der Waals surface area contributed by atoms with E-state index >= 15 is 0 Å². The van der Waals surface area contributed by atoms with E-state index in [1.165, 1.54) is 4.90 Å². The minimum Gasteiger partial charge on any atom is -0.462 e. The monoisotopic (exact) mass is 521 g/mol. The molecule has 1 aliphatic rings. The molecule has 0 radical (unpaired) electrons. The molecule has 1 aliphatic heterocycles. The summed E-state index contributed by atoms with van der Waals surface area (Å²) in [5.74, 6) is -0.508. The third-order valence-corrected chi connectivity index (χ3v) is 6.91. The first-order valence-corrected chi connectivity index (χ1v) is 12.6. The largest absolute Gasteiger partial charge is 0.462 e. The van der Waals surface area contributed by atoms with Crippen LogP contribution in [0, 0.1) is 13.8 Å². The van der Waals surface area contributed by atoms with E-state index in [-0.39, 0.29) is 11.9 Å². The van der Waals surface area contributed by atoms with E-state index in [1.54, 1.807) is 48.3 Å². The Morgan fingerprint density at radius 3 is 2.33 bits per heavy atom. The van der Waals surface area contributed by atoms with E-state index in [9.17, 15) is 9.59 Å². The number of amides is 1. The minimum atomic E-state index is -0.314. The number of unbranched alkanes of at least 4 members (excludes halogenated alkanes) is 1. The number of aryl methyl sites for hydroxylation is 1. The fraction of sp³-hybridized carbons (Fsp3) is 0.250. The van der Waals surface area contributed by atoms with Crippen LogP contribution in [0.15, 0.2) is 60.3 Å². The number of hydrogen-bond donors (Lipinski definition) is 0. The van der Waals surface area contributed by atoms with Gasteiger partial charge in [0, 0.05) is 29.1 Å². The molecule has 0 saturated carbocycles. The van der Waals surface area contributed by atoms with Gasteiger partial charge >= 0.3 is 5.97 Å². The van der Waals surface area contributed by atoms with Crippen LogP contribution in [0.3, 0.4) is 0 Å². The summed E-state index contributed by atoms with van der Waals surface area (Å²) < 4.78 is 7.39. The second kappa shape index (κ2) is 10.7. The number of carbonyl (C=O) groups is 2. The average Bonchev–Trinajstić information content (AvgIpc) is 3.26. The maximum absolute atomic E-state index is 13.3. The number of thiocarbonyl (C=S) groups is 1. The highest BCUT2D eigenvalue weighted by atomic mass is 35.5. The van der Waals surface area contributed by atoms with E-state index in [1.807, 2.05) is 38.1 Å². The van der Waals surface area contributed by atoms with Crippen molar-refractivity contribution in [3.05, 3.63) is 87.8 Å². The first-order chi connectivity index (χ1) is 17.2. The molecule has 0 spiro atoms. The van der Waals surface area contributed by atoms with Crippen molar-refractivity contribution in [3.63, 3.8) is 0 Å².